The summed E-state index contributed by atoms with van der Waals surface area (Å²) >= 11 is 1.55. The molecule has 1 atom stereocenters. The van der Waals surface area contributed by atoms with Gasteiger partial charge in [0.15, 0.2) is 11.5 Å². The molecule has 2 rings (SSSR count). The highest BCUT2D eigenvalue weighted by Gasteiger charge is 2.13. The Morgan fingerprint density at radius 1 is 1.35 bits per heavy atom. The standard InChI is InChI=1S/C15H18N2O3S.C2H5N.C2H6.H2/c1-10(6-12-8-21-9-16-12)17-15(18)11-4-5-13(19-2)14(7-11)20-3;1-2-3;1-2;/h4-5,7-10H,6H2,1-3H3,(H,17,18);2-3H,1H3;1-2H3;1H/t10-;;;/m1.../s1. The average Bonchev–Trinajstić information content (AvgIpc) is 3.16. The van der Waals surface area contributed by atoms with Gasteiger partial charge in [0, 0.05) is 24.8 Å². The van der Waals surface area contributed by atoms with E-state index in [0.717, 1.165) is 5.69 Å². The van der Waals surface area contributed by atoms with Gasteiger partial charge in [-0.25, -0.2) is 4.98 Å². The number of hydrogen-bond donors (Lipinski definition) is 2. The Bertz CT molecular complexity index is 652. The first kappa shape index (κ1) is 23.6. The number of thiazole rings is 1. The van der Waals surface area contributed by atoms with E-state index in [4.69, 9.17) is 14.9 Å². The summed E-state index contributed by atoms with van der Waals surface area (Å²) < 4.78 is 10.4. The van der Waals surface area contributed by atoms with Gasteiger partial charge < -0.3 is 20.2 Å². The van der Waals surface area contributed by atoms with Gasteiger partial charge >= 0.3 is 0 Å². The van der Waals surface area contributed by atoms with Gasteiger partial charge in [0.1, 0.15) is 0 Å². The minimum atomic E-state index is -0.140. The smallest absolute Gasteiger partial charge is 0.251 e. The topological polar surface area (TPSA) is 84.3 Å². The SMILES string of the molecule is CC.CC=N.COc1ccc(C(=O)N[C@H](C)Cc2cscn2)cc1OC.[HH]. The van der Waals surface area contributed by atoms with E-state index in [0.29, 0.717) is 23.5 Å². The Kier molecular flexibility index (Phi) is 12.6. The van der Waals surface area contributed by atoms with Crippen LogP contribution < -0.4 is 14.8 Å². The minimum absolute atomic E-state index is 0. The molecule has 0 saturated heterocycles. The summed E-state index contributed by atoms with van der Waals surface area (Å²) in [5.41, 5.74) is 3.32. The number of nitrogens with zero attached hydrogens (tertiary/aromatic N) is 1. The number of hydrogen-bond acceptors (Lipinski definition) is 6. The van der Waals surface area contributed by atoms with Crippen LogP contribution in [0, 0.1) is 5.41 Å². The van der Waals surface area contributed by atoms with E-state index in [9.17, 15) is 4.79 Å². The second-order valence-corrected chi connectivity index (χ2v) is 5.64. The van der Waals surface area contributed by atoms with Crippen molar-refractivity contribution in [3.05, 3.63) is 40.3 Å². The van der Waals surface area contributed by atoms with Crippen molar-refractivity contribution < 1.29 is 15.7 Å². The number of carbonyl (C=O) groups is 1. The highest BCUT2D eigenvalue weighted by molar-refractivity contribution is 7.07. The van der Waals surface area contributed by atoms with Crippen molar-refractivity contribution in [2.24, 2.45) is 0 Å². The van der Waals surface area contributed by atoms with Crippen molar-refractivity contribution in [3.63, 3.8) is 0 Å². The fraction of sp³-hybridized carbons (Fsp3) is 0.421. The highest BCUT2D eigenvalue weighted by atomic mass is 32.1. The molecule has 1 aromatic carbocycles. The molecule has 0 aliphatic rings. The zero-order chi connectivity index (χ0) is 19.9. The average molecular weight is 382 g/mol. The normalized spacial score (nSPS) is 10.2. The van der Waals surface area contributed by atoms with E-state index in [-0.39, 0.29) is 13.4 Å². The molecule has 6 nitrogen and oxygen atoms in total. The van der Waals surface area contributed by atoms with Gasteiger partial charge in [0.2, 0.25) is 0 Å². The summed E-state index contributed by atoms with van der Waals surface area (Å²) in [6.45, 7) is 7.62. The van der Waals surface area contributed by atoms with Crippen LogP contribution in [0.5, 0.6) is 11.5 Å². The van der Waals surface area contributed by atoms with Crippen molar-refractivity contribution in [2.45, 2.75) is 40.2 Å². The zero-order valence-electron chi connectivity index (χ0n) is 16.3. The number of carbonyl (C=O) groups excluding carboxylic acids is 1. The van der Waals surface area contributed by atoms with Crippen LogP contribution in [-0.2, 0) is 6.42 Å². The quantitative estimate of drug-likeness (QED) is 0.724. The molecular weight excluding hydrogens is 350 g/mol. The van der Waals surface area contributed by atoms with E-state index >= 15 is 0 Å². The Morgan fingerprint density at radius 2 is 1.96 bits per heavy atom. The van der Waals surface area contributed by atoms with Crippen LogP contribution in [0.4, 0.5) is 0 Å². The molecule has 1 heterocycles. The van der Waals surface area contributed by atoms with Gasteiger partial charge in [-0.2, -0.15) is 0 Å². The number of amides is 1. The fourth-order valence-corrected chi connectivity index (χ4v) is 2.56. The summed E-state index contributed by atoms with van der Waals surface area (Å²) in [5.74, 6) is 1.00. The van der Waals surface area contributed by atoms with Crippen LogP contribution >= 0.6 is 11.3 Å². The molecule has 2 N–H and O–H groups in total. The second kappa shape index (κ2) is 13.8. The van der Waals surface area contributed by atoms with E-state index in [2.05, 4.69) is 10.3 Å². The molecule has 26 heavy (non-hydrogen) atoms. The number of nitrogens with one attached hydrogen (secondary N) is 2. The number of rotatable bonds is 6. The second-order valence-electron chi connectivity index (χ2n) is 4.92. The maximum Gasteiger partial charge on any atom is 0.251 e. The lowest BCUT2D eigenvalue weighted by atomic mass is 10.1. The molecule has 0 radical (unpaired) electrons. The first-order valence-electron chi connectivity index (χ1n) is 8.40. The number of aromatic nitrogens is 1. The molecule has 0 saturated carbocycles. The first-order valence-corrected chi connectivity index (χ1v) is 9.35. The predicted octanol–water partition coefficient (Wildman–Crippen LogP) is 4.45. The van der Waals surface area contributed by atoms with Crippen molar-refractivity contribution in [1.29, 1.82) is 5.41 Å². The molecule has 0 aliphatic carbocycles. The molecule has 0 fully saturated rings. The van der Waals surface area contributed by atoms with Gasteiger partial charge in [-0.15, -0.1) is 11.3 Å². The van der Waals surface area contributed by atoms with Crippen LogP contribution in [-0.4, -0.2) is 37.4 Å². The summed E-state index contributed by atoms with van der Waals surface area (Å²) in [6.07, 6.45) is 1.96. The Hall–Kier alpha value is -2.41. The Balaban J connectivity index is 0. The minimum Gasteiger partial charge on any atom is -0.493 e. The molecule has 146 valence electrons. The maximum atomic E-state index is 12.2. The van der Waals surface area contributed by atoms with E-state index in [1.54, 1.807) is 56.2 Å². The molecular formula is C19H31N3O3S. The third-order valence-corrected chi connectivity index (χ3v) is 3.66. The summed E-state index contributed by atoms with van der Waals surface area (Å²) in [4.78, 5) is 16.4. The lowest BCUT2D eigenvalue weighted by Crippen LogP contribution is -2.34. The highest BCUT2D eigenvalue weighted by Crippen LogP contribution is 2.27. The Morgan fingerprint density at radius 3 is 2.46 bits per heavy atom. The first-order chi connectivity index (χ1) is 12.5. The summed E-state index contributed by atoms with van der Waals surface area (Å²) in [7, 11) is 3.11. The lowest BCUT2D eigenvalue weighted by Gasteiger charge is -2.14. The molecule has 0 aliphatic heterocycles. The predicted molar refractivity (Wildman–Crippen MR) is 110 cm³/mol. The number of benzene rings is 1. The molecule has 2 aromatic rings. The van der Waals surface area contributed by atoms with E-state index in [1.165, 1.54) is 6.21 Å². The third kappa shape index (κ3) is 8.11. The number of ether oxygens (including phenoxy) is 2. The monoisotopic (exact) mass is 381 g/mol. The van der Waals surface area contributed by atoms with Gasteiger partial charge in [0.05, 0.1) is 25.4 Å². The maximum absolute atomic E-state index is 12.2. The van der Waals surface area contributed by atoms with Crippen molar-refractivity contribution in [1.82, 2.24) is 10.3 Å². The van der Waals surface area contributed by atoms with Crippen LogP contribution in [0.3, 0.4) is 0 Å². The molecule has 0 unspecified atom stereocenters. The van der Waals surface area contributed by atoms with Crippen molar-refractivity contribution >= 4 is 23.5 Å². The molecule has 7 heteroatoms. The van der Waals surface area contributed by atoms with E-state index in [1.807, 2.05) is 26.2 Å². The van der Waals surface area contributed by atoms with Crippen LogP contribution in [0.1, 0.15) is 45.2 Å². The largest absolute Gasteiger partial charge is 0.493 e. The lowest BCUT2D eigenvalue weighted by molar-refractivity contribution is 0.0939. The summed E-state index contributed by atoms with van der Waals surface area (Å²) in [5, 5.41) is 11.0. The Labute approximate surface area is 161 Å². The molecule has 0 spiro atoms. The third-order valence-electron chi connectivity index (χ3n) is 3.02. The van der Waals surface area contributed by atoms with Gasteiger partial charge in [-0.05, 0) is 38.3 Å². The van der Waals surface area contributed by atoms with Gasteiger partial charge in [-0.3, -0.25) is 4.79 Å². The van der Waals surface area contributed by atoms with Crippen LogP contribution in [0.2, 0.25) is 0 Å². The summed E-state index contributed by atoms with van der Waals surface area (Å²) in [6, 6.07) is 5.11. The molecule has 0 bridgehead atoms. The van der Waals surface area contributed by atoms with Gasteiger partial charge in [-0.1, -0.05) is 13.8 Å². The van der Waals surface area contributed by atoms with Gasteiger partial charge in [0.25, 0.3) is 5.91 Å². The zero-order valence-corrected chi connectivity index (χ0v) is 17.1. The molecule has 1 amide bonds. The molecule has 1 aromatic heterocycles. The van der Waals surface area contributed by atoms with Crippen LogP contribution in [0.15, 0.2) is 29.1 Å². The van der Waals surface area contributed by atoms with Crippen molar-refractivity contribution in [2.75, 3.05) is 14.2 Å². The fourth-order valence-electron chi connectivity index (χ4n) is 1.99. The van der Waals surface area contributed by atoms with E-state index < -0.39 is 0 Å². The van der Waals surface area contributed by atoms with Crippen LogP contribution in [0.25, 0.3) is 0 Å². The van der Waals surface area contributed by atoms with Crippen molar-refractivity contribution in [3.8, 4) is 11.5 Å². The number of methoxy groups -OCH3 is 2.